The number of benzene rings is 2. The Morgan fingerprint density at radius 3 is 2.53 bits per heavy atom. The third-order valence-corrected chi connectivity index (χ3v) is 5.93. The van der Waals surface area contributed by atoms with E-state index < -0.39 is 0 Å². The van der Waals surface area contributed by atoms with Gasteiger partial charge in [-0.15, -0.1) is 10.2 Å². The minimum Gasteiger partial charge on any atom is -0.483 e. The maximum Gasteiger partial charge on any atom is 0.234 e. The summed E-state index contributed by atoms with van der Waals surface area (Å²) < 4.78 is 7.85. The highest BCUT2D eigenvalue weighted by Crippen LogP contribution is 2.30. The molecule has 0 saturated heterocycles. The van der Waals surface area contributed by atoms with Crippen LogP contribution in [-0.2, 0) is 11.3 Å². The lowest BCUT2D eigenvalue weighted by molar-refractivity contribution is -0.113. The van der Waals surface area contributed by atoms with E-state index in [-0.39, 0.29) is 17.8 Å². The average Bonchev–Trinajstić information content (AvgIpc) is 3.12. The molecule has 6 nitrogen and oxygen atoms in total. The van der Waals surface area contributed by atoms with Gasteiger partial charge in [0.15, 0.2) is 17.1 Å². The van der Waals surface area contributed by atoms with Crippen molar-refractivity contribution >= 4 is 58.2 Å². The van der Waals surface area contributed by atoms with Gasteiger partial charge < -0.3 is 14.6 Å². The van der Waals surface area contributed by atoms with Crippen LogP contribution >= 0.6 is 46.6 Å². The van der Waals surface area contributed by atoms with Crippen molar-refractivity contribution < 1.29 is 9.53 Å². The summed E-state index contributed by atoms with van der Waals surface area (Å²) in [5.74, 6) is 1.19. The summed E-state index contributed by atoms with van der Waals surface area (Å²) in [6.45, 7) is 4.50. The van der Waals surface area contributed by atoms with Crippen molar-refractivity contribution in [3.05, 3.63) is 63.4 Å². The molecule has 2 aromatic carbocycles. The second kappa shape index (κ2) is 10.4. The van der Waals surface area contributed by atoms with Gasteiger partial charge in [-0.2, -0.15) is 0 Å². The number of aromatic nitrogens is 3. The third-order valence-electron chi connectivity index (χ3n) is 4.09. The zero-order valence-electron chi connectivity index (χ0n) is 16.2. The van der Waals surface area contributed by atoms with Crippen molar-refractivity contribution in [2.24, 2.45) is 0 Å². The van der Waals surface area contributed by atoms with Crippen molar-refractivity contribution in [1.29, 1.82) is 0 Å². The van der Waals surface area contributed by atoms with Gasteiger partial charge >= 0.3 is 0 Å². The molecule has 30 heavy (non-hydrogen) atoms. The lowest BCUT2D eigenvalue weighted by Crippen LogP contribution is -2.16. The van der Waals surface area contributed by atoms with Crippen LogP contribution in [0.25, 0.3) is 0 Å². The van der Waals surface area contributed by atoms with E-state index in [1.165, 1.54) is 11.8 Å². The highest BCUT2D eigenvalue weighted by Gasteiger charge is 2.20. The van der Waals surface area contributed by atoms with E-state index in [2.05, 4.69) is 15.5 Å². The van der Waals surface area contributed by atoms with Gasteiger partial charge in [0.2, 0.25) is 5.91 Å². The van der Waals surface area contributed by atoms with Crippen molar-refractivity contribution in [2.45, 2.75) is 31.7 Å². The number of nitrogens with zero attached hydrogens (tertiary/aromatic N) is 3. The molecule has 0 aliphatic carbocycles. The summed E-state index contributed by atoms with van der Waals surface area (Å²) in [6.07, 6.45) is -0.346. The van der Waals surface area contributed by atoms with Crippen LogP contribution in [0.1, 0.15) is 25.8 Å². The van der Waals surface area contributed by atoms with Gasteiger partial charge in [-0.25, -0.2) is 0 Å². The lowest BCUT2D eigenvalue weighted by atomic mass is 10.3. The Bertz CT molecular complexity index is 1020. The van der Waals surface area contributed by atoms with Crippen LogP contribution in [-0.4, -0.2) is 26.4 Å². The zero-order valence-corrected chi connectivity index (χ0v) is 19.3. The molecule has 0 aliphatic rings. The largest absolute Gasteiger partial charge is 0.483 e. The highest BCUT2D eigenvalue weighted by molar-refractivity contribution is 7.99. The fourth-order valence-electron chi connectivity index (χ4n) is 2.72. The van der Waals surface area contributed by atoms with Crippen molar-refractivity contribution in [1.82, 2.24) is 14.8 Å². The van der Waals surface area contributed by atoms with Crippen LogP contribution < -0.4 is 10.1 Å². The highest BCUT2D eigenvalue weighted by atomic mass is 35.5. The Hall–Kier alpha value is -1.93. The number of para-hydroxylation sites is 1. The smallest absolute Gasteiger partial charge is 0.234 e. The number of amides is 1. The number of carbonyl (C=O) groups excluding carboxylic acids is 1. The Labute approximate surface area is 193 Å². The minimum atomic E-state index is -0.346. The first-order valence-corrected chi connectivity index (χ1v) is 11.2. The predicted octanol–water partition coefficient (Wildman–Crippen LogP) is 6.13. The van der Waals surface area contributed by atoms with Crippen LogP contribution in [0.15, 0.2) is 47.6 Å². The molecule has 3 rings (SSSR count). The molecule has 1 atom stereocenters. The molecular weight excluding hydrogens is 467 g/mol. The fourth-order valence-corrected chi connectivity index (χ4v) is 4.21. The van der Waals surface area contributed by atoms with E-state index >= 15 is 0 Å². The van der Waals surface area contributed by atoms with Crippen LogP contribution in [0.4, 0.5) is 5.69 Å². The predicted molar refractivity (Wildman–Crippen MR) is 122 cm³/mol. The summed E-state index contributed by atoms with van der Waals surface area (Å²) in [5, 5.41) is 13.2. The molecule has 1 N–H and O–H groups in total. The molecule has 0 aliphatic heterocycles. The average molecular weight is 486 g/mol. The maximum absolute atomic E-state index is 12.4. The van der Waals surface area contributed by atoms with Gasteiger partial charge in [-0.3, -0.25) is 4.79 Å². The number of carbonyl (C=O) groups is 1. The second-order valence-corrected chi connectivity index (χ2v) is 8.43. The SMILES string of the molecule is CCn1c(SCC(=O)Nc2c(Cl)cccc2Cl)nnc1C(C)Oc1cccc(Cl)c1. The van der Waals surface area contributed by atoms with Gasteiger partial charge in [0, 0.05) is 11.6 Å². The van der Waals surface area contributed by atoms with E-state index in [1.54, 1.807) is 30.3 Å². The molecule has 3 aromatic rings. The Balaban J connectivity index is 1.66. The Kier molecular flexibility index (Phi) is 7.88. The first-order chi connectivity index (χ1) is 14.4. The molecule has 158 valence electrons. The van der Waals surface area contributed by atoms with E-state index in [0.29, 0.717) is 44.0 Å². The van der Waals surface area contributed by atoms with Crippen molar-refractivity contribution in [3.63, 3.8) is 0 Å². The van der Waals surface area contributed by atoms with Gasteiger partial charge in [0.1, 0.15) is 5.75 Å². The first kappa shape index (κ1) is 22.7. The zero-order chi connectivity index (χ0) is 21.7. The second-order valence-electron chi connectivity index (χ2n) is 6.24. The maximum atomic E-state index is 12.4. The summed E-state index contributed by atoms with van der Waals surface area (Å²) in [6, 6.07) is 12.2. The van der Waals surface area contributed by atoms with Crippen molar-refractivity contribution in [2.75, 3.05) is 11.1 Å². The molecule has 0 radical (unpaired) electrons. The molecule has 0 spiro atoms. The van der Waals surface area contributed by atoms with Gasteiger partial charge in [0.05, 0.1) is 21.5 Å². The molecule has 1 aromatic heterocycles. The van der Waals surface area contributed by atoms with E-state index in [9.17, 15) is 4.79 Å². The molecule has 10 heteroatoms. The van der Waals surface area contributed by atoms with E-state index in [4.69, 9.17) is 39.5 Å². The van der Waals surface area contributed by atoms with Crippen LogP contribution in [0, 0.1) is 0 Å². The normalized spacial score (nSPS) is 11.9. The summed E-state index contributed by atoms with van der Waals surface area (Å²) in [4.78, 5) is 12.4. The summed E-state index contributed by atoms with van der Waals surface area (Å²) >= 11 is 19.5. The third kappa shape index (κ3) is 5.60. The molecule has 0 fully saturated rings. The topological polar surface area (TPSA) is 69.0 Å². The Morgan fingerprint density at radius 2 is 1.87 bits per heavy atom. The standard InChI is InChI=1S/C20H19Cl3N4O2S/c1-3-27-19(12(2)29-14-7-4-6-13(21)10-14)25-26-20(27)30-11-17(28)24-18-15(22)8-5-9-16(18)23/h4-10,12H,3,11H2,1-2H3,(H,24,28). The first-order valence-electron chi connectivity index (χ1n) is 9.11. The number of ether oxygens (including phenoxy) is 1. The molecule has 1 heterocycles. The molecule has 0 saturated carbocycles. The number of anilines is 1. The minimum absolute atomic E-state index is 0.128. The number of rotatable bonds is 8. The Morgan fingerprint density at radius 1 is 1.17 bits per heavy atom. The number of hydrogen-bond acceptors (Lipinski definition) is 5. The quantitative estimate of drug-likeness (QED) is 0.389. The lowest BCUT2D eigenvalue weighted by Gasteiger charge is -2.15. The van der Waals surface area contributed by atoms with Crippen LogP contribution in [0.5, 0.6) is 5.75 Å². The number of nitrogens with one attached hydrogen (secondary N) is 1. The van der Waals surface area contributed by atoms with E-state index in [0.717, 1.165) is 0 Å². The van der Waals surface area contributed by atoms with Crippen LogP contribution in [0.2, 0.25) is 15.1 Å². The number of thioether (sulfide) groups is 1. The molecular formula is C20H19Cl3N4O2S. The number of hydrogen-bond donors (Lipinski definition) is 1. The van der Waals surface area contributed by atoms with Gasteiger partial charge in [0.25, 0.3) is 0 Å². The van der Waals surface area contributed by atoms with E-state index in [1.807, 2.05) is 30.5 Å². The molecule has 1 unspecified atom stereocenters. The molecule has 0 bridgehead atoms. The fraction of sp³-hybridized carbons (Fsp3) is 0.250. The summed E-state index contributed by atoms with van der Waals surface area (Å²) in [5.41, 5.74) is 0.396. The van der Waals surface area contributed by atoms with Gasteiger partial charge in [-0.05, 0) is 44.2 Å². The molecule has 1 amide bonds. The van der Waals surface area contributed by atoms with Gasteiger partial charge in [-0.1, -0.05) is 58.7 Å². The van der Waals surface area contributed by atoms with Crippen LogP contribution in [0.3, 0.4) is 0 Å². The number of halogens is 3. The summed E-state index contributed by atoms with van der Waals surface area (Å²) in [7, 11) is 0. The monoisotopic (exact) mass is 484 g/mol. The van der Waals surface area contributed by atoms with Crippen molar-refractivity contribution in [3.8, 4) is 5.75 Å².